The van der Waals surface area contributed by atoms with E-state index in [1.54, 1.807) is 20.8 Å². The highest BCUT2D eigenvalue weighted by atomic mass is 16.5. The Bertz CT molecular complexity index is 2630. The number of nitrogens with one attached hydrogen (secondary N) is 4. The summed E-state index contributed by atoms with van der Waals surface area (Å²) in [5, 5.41) is 54.6. The second-order valence-corrected chi connectivity index (χ2v) is 32.0. The molecule has 736 valence electrons. The lowest BCUT2D eigenvalue weighted by Gasteiger charge is -2.08. The van der Waals surface area contributed by atoms with Gasteiger partial charge in [-0.05, 0) is 96.8 Å². The Morgan fingerprint density at radius 3 is 0.778 bits per heavy atom. The molecule has 0 spiro atoms. The molecule has 126 heavy (non-hydrogen) atoms. The van der Waals surface area contributed by atoms with Crippen molar-refractivity contribution in [2.45, 2.75) is 368 Å². The van der Waals surface area contributed by atoms with Gasteiger partial charge in [-0.15, -0.1) is 0 Å². The molecular weight excluding hydrogens is 1630 g/mol. The van der Waals surface area contributed by atoms with Crippen LogP contribution in [0.5, 0.6) is 0 Å². The third-order valence-corrected chi connectivity index (χ3v) is 20.4. The minimum atomic E-state index is -1.02. The van der Waals surface area contributed by atoms with Crippen molar-refractivity contribution in [1.82, 2.24) is 21.3 Å². The molecule has 2 unspecified atom stereocenters. The molecule has 4 amide bonds. The van der Waals surface area contributed by atoms with Gasteiger partial charge in [0.1, 0.15) is 55.9 Å². The average molecular weight is 1810 g/mol. The molecule has 0 aliphatic heterocycles. The van der Waals surface area contributed by atoms with Crippen molar-refractivity contribution in [2.75, 3.05) is 132 Å². The van der Waals surface area contributed by atoms with Gasteiger partial charge in [0.05, 0.1) is 77.9 Å². The molecule has 0 aromatic carbocycles. The number of aliphatic carboxylic acids is 5. The van der Waals surface area contributed by atoms with Crippen LogP contribution in [0.4, 0.5) is 0 Å². The smallest absolute Gasteiger partial charge is 0.320 e. The Morgan fingerprint density at radius 1 is 0.254 bits per heavy atom. The van der Waals surface area contributed by atoms with Crippen molar-refractivity contribution in [3.8, 4) is 0 Å². The SMILES string of the molecule is CCC(=O)NCCOCCOCC(=O)CCCOCCOCC(=O)NCCCCC(N)C(=O)O.CCC(=O)NCCOCCOCC(=O)CCCOCCOCC(=O)NCCCCC(N)C(=O)O.CC[C@H](CC(=O)CCCCCCCCCCCCCCCCC(=O)O)C(=O)O.CC[C@H](CC(=O)CCCCCCCCCCCCCCCCCCC(C)=O)C(=O)O. The number of unbranched alkanes of at least 4 members (excludes halogenated alkanes) is 30. The average Bonchev–Trinajstić information content (AvgIpc) is 0.952. The Balaban J connectivity index is -0.000000790. The van der Waals surface area contributed by atoms with Crippen LogP contribution in [0.25, 0.3) is 0 Å². The van der Waals surface area contributed by atoms with E-state index >= 15 is 0 Å². The van der Waals surface area contributed by atoms with Gasteiger partial charge < -0.3 is 101 Å². The summed E-state index contributed by atoms with van der Waals surface area (Å²) in [6, 6.07) is -1.73. The molecule has 13 N–H and O–H groups in total. The first-order valence-corrected chi connectivity index (χ1v) is 47.6. The Morgan fingerprint density at radius 2 is 0.508 bits per heavy atom. The van der Waals surface area contributed by atoms with E-state index in [0.717, 1.165) is 57.8 Å². The minimum absolute atomic E-state index is 0.0170. The van der Waals surface area contributed by atoms with Gasteiger partial charge in [0.2, 0.25) is 23.6 Å². The van der Waals surface area contributed by atoms with Gasteiger partial charge in [-0.2, -0.15) is 0 Å². The van der Waals surface area contributed by atoms with Gasteiger partial charge in [-0.3, -0.25) is 62.3 Å². The number of carbonyl (C=O) groups excluding carboxylic acids is 9. The molecule has 0 bridgehead atoms. The van der Waals surface area contributed by atoms with Crippen LogP contribution in [0.15, 0.2) is 0 Å². The van der Waals surface area contributed by atoms with Gasteiger partial charge in [0.15, 0.2) is 11.6 Å². The molecule has 0 aliphatic carbocycles. The molecule has 0 heterocycles. The zero-order valence-electron chi connectivity index (χ0n) is 78.2. The van der Waals surface area contributed by atoms with E-state index in [0.29, 0.717) is 207 Å². The lowest BCUT2D eigenvalue weighted by molar-refractivity contribution is -0.144. The first-order valence-electron chi connectivity index (χ1n) is 47.6. The first-order chi connectivity index (χ1) is 60.7. The summed E-state index contributed by atoms with van der Waals surface area (Å²) in [5.41, 5.74) is 10.8. The minimum Gasteiger partial charge on any atom is -0.481 e. The molecule has 0 fully saturated rings. The largest absolute Gasteiger partial charge is 0.481 e. The molecule has 0 aromatic rings. The zero-order chi connectivity index (χ0) is 94.4. The number of rotatable bonds is 92. The van der Waals surface area contributed by atoms with E-state index in [1.807, 2.05) is 13.8 Å². The van der Waals surface area contributed by atoms with Crippen LogP contribution in [0.2, 0.25) is 0 Å². The quantitative estimate of drug-likeness (QED) is 0.0252. The third-order valence-electron chi connectivity index (χ3n) is 20.4. The van der Waals surface area contributed by atoms with Crippen LogP contribution in [-0.2, 0) is 105 Å². The molecule has 0 saturated carbocycles. The molecule has 33 nitrogen and oxygen atoms in total. The molecular formula is C93H172N6O27. The summed E-state index contributed by atoms with van der Waals surface area (Å²) in [6.45, 7) is 14.7. The highest BCUT2D eigenvalue weighted by molar-refractivity contribution is 5.85. The predicted octanol–water partition coefficient (Wildman–Crippen LogP) is 13.3. The number of amides is 4. The normalized spacial score (nSPS) is 11.9. The van der Waals surface area contributed by atoms with Crippen molar-refractivity contribution < 1.29 is 131 Å². The Kier molecular flexibility index (Phi) is 96.8. The fourth-order valence-corrected chi connectivity index (χ4v) is 12.5. The number of carboxylic acids is 5. The van der Waals surface area contributed by atoms with E-state index in [-0.39, 0.29) is 99.2 Å². The first kappa shape index (κ1) is 125. The molecule has 0 rings (SSSR count). The number of ether oxygens (including phenoxy) is 8. The number of hydrogen-bond acceptors (Lipinski definition) is 24. The standard InChI is InChI=1S/C26H48O4.C23H42O5.2C22H41N3O9/c1-3-24(26(29)30)22-25(28)21-19-17-15-13-11-9-7-5-4-6-8-10-12-14-16-18-20-23(2)27;1-2-20(23(27)28)19-21(24)17-15-13-11-9-7-5-3-4-6-8-10-12-14-16-18-22(25)26;2*1-2-20(27)25-9-11-32-13-14-33-16-18(26)6-5-10-31-12-15-34-17-21(28)24-8-4-3-7-19(23)22(29)30/h24H,3-22H2,1-2H3,(H,29,30);20H,2-19H2,1H3,(H,25,26)(H,27,28);2*19H,2-17,23H2,1H3,(H,24,28)(H,25,27)(H,29,30)/t24-;20-;;/m11../s1. The highest BCUT2D eigenvalue weighted by Crippen LogP contribution is 2.19. The molecule has 33 heteroatoms. The molecule has 0 radical (unpaired) electrons. The predicted molar refractivity (Wildman–Crippen MR) is 484 cm³/mol. The maximum absolute atomic E-state index is 11.8. The number of carboxylic acid groups (broad SMARTS) is 5. The van der Waals surface area contributed by atoms with Crippen molar-refractivity contribution >= 4 is 82.4 Å². The molecule has 0 saturated heterocycles. The van der Waals surface area contributed by atoms with Crippen LogP contribution in [-0.4, -0.2) is 252 Å². The second kappa shape index (κ2) is 97.2. The van der Waals surface area contributed by atoms with E-state index < -0.39 is 53.8 Å². The zero-order valence-corrected chi connectivity index (χ0v) is 78.2. The Hall–Kier alpha value is -6.82. The number of Topliss-reactive ketones (excluding diaryl/α,β-unsaturated/α-hetero) is 5. The van der Waals surface area contributed by atoms with Gasteiger partial charge in [0.25, 0.3) is 0 Å². The summed E-state index contributed by atoms with van der Waals surface area (Å²) in [6.07, 6.45) is 45.9. The number of carbonyl (C=O) groups is 14. The number of ketones is 5. The fraction of sp³-hybridized carbons (Fsp3) is 0.849. The maximum Gasteiger partial charge on any atom is 0.320 e. The molecule has 4 atom stereocenters. The van der Waals surface area contributed by atoms with Crippen LogP contribution < -0.4 is 32.7 Å². The van der Waals surface area contributed by atoms with Crippen molar-refractivity contribution in [3.05, 3.63) is 0 Å². The summed E-state index contributed by atoms with van der Waals surface area (Å²) in [7, 11) is 0. The molecule has 0 aromatic heterocycles. The number of hydrogen-bond donors (Lipinski definition) is 11. The third kappa shape index (κ3) is 101. The highest BCUT2D eigenvalue weighted by Gasteiger charge is 2.21. The van der Waals surface area contributed by atoms with Crippen LogP contribution in [0.3, 0.4) is 0 Å². The van der Waals surface area contributed by atoms with Crippen molar-refractivity contribution in [2.24, 2.45) is 23.3 Å². The van der Waals surface area contributed by atoms with Gasteiger partial charge in [-0.25, -0.2) is 0 Å². The van der Waals surface area contributed by atoms with Crippen LogP contribution in [0, 0.1) is 11.8 Å². The summed E-state index contributed by atoms with van der Waals surface area (Å²) >= 11 is 0. The van der Waals surface area contributed by atoms with Crippen molar-refractivity contribution in [1.29, 1.82) is 0 Å². The van der Waals surface area contributed by atoms with Crippen molar-refractivity contribution in [3.63, 3.8) is 0 Å². The Labute approximate surface area is 753 Å². The lowest BCUT2D eigenvalue weighted by Crippen LogP contribution is -2.31. The van der Waals surface area contributed by atoms with Gasteiger partial charge in [0, 0.05) is 104 Å². The van der Waals surface area contributed by atoms with E-state index in [4.69, 9.17) is 74.9 Å². The summed E-state index contributed by atoms with van der Waals surface area (Å²) < 4.78 is 42.2. The second-order valence-electron chi connectivity index (χ2n) is 32.0. The van der Waals surface area contributed by atoms with Gasteiger partial charge >= 0.3 is 29.8 Å². The maximum atomic E-state index is 11.8. The van der Waals surface area contributed by atoms with Gasteiger partial charge in [-0.1, -0.05) is 195 Å². The summed E-state index contributed by atoms with van der Waals surface area (Å²) in [4.78, 5) is 157. The van der Waals surface area contributed by atoms with E-state index in [2.05, 4.69) is 21.3 Å². The summed E-state index contributed by atoms with van der Waals surface area (Å²) in [5.74, 6) is -5.48. The van der Waals surface area contributed by atoms with Crippen LogP contribution >= 0.6 is 0 Å². The van der Waals surface area contributed by atoms with E-state index in [9.17, 15) is 67.1 Å². The topological polar surface area (TPSA) is 514 Å². The fourth-order valence-electron chi connectivity index (χ4n) is 12.5. The van der Waals surface area contributed by atoms with E-state index in [1.165, 1.54) is 141 Å². The number of nitrogens with two attached hydrogens (primary N) is 2. The van der Waals surface area contributed by atoms with Crippen LogP contribution in [0.1, 0.15) is 356 Å². The molecule has 0 aliphatic rings. The monoisotopic (exact) mass is 1810 g/mol. The lowest BCUT2D eigenvalue weighted by atomic mass is 9.97.